The summed E-state index contributed by atoms with van der Waals surface area (Å²) in [6, 6.07) is 9.62. The van der Waals surface area contributed by atoms with Crippen molar-refractivity contribution in [3.8, 4) is 0 Å². The molecule has 1 aromatic carbocycles. The number of carbonyl (C=O) groups is 1. The van der Waals surface area contributed by atoms with Crippen molar-refractivity contribution in [2.24, 2.45) is 0 Å². The van der Waals surface area contributed by atoms with Gasteiger partial charge in [-0.3, -0.25) is 4.79 Å². The number of benzene rings is 1. The van der Waals surface area contributed by atoms with Gasteiger partial charge in [0.25, 0.3) is 0 Å². The fourth-order valence-electron chi connectivity index (χ4n) is 1.46. The SMILES string of the molecule is CCCC(C)OC(=O)CNc1ccccc1. The minimum Gasteiger partial charge on any atom is -0.461 e. The van der Waals surface area contributed by atoms with Crippen LogP contribution >= 0.6 is 0 Å². The number of rotatable bonds is 6. The van der Waals surface area contributed by atoms with Crippen LogP contribution in [0.5, 0.6) is 0 Å². The Balaban J connectivity index is 2.25. The van der Waals surface area contributed by atoms with Crippen molar-refractivity contribution in [2.75, 3.05) is 11.9 Å². The van der Waals surface area contributed by atoms with Gasteiger partial charge < -0.3 is 10.1 Å². The number of ether oxygens (including phenoxy) is 1. The zero-order valence-electron chi connectivity index (χ0n) is 9.90. The Bertz CT molecular complexity index is 311. The summed E-state index contributed by atoms with van der Waals surface area (Å²) in [5.41, 5.74) is 0.933. The largest absolute Gasteiger partial charge is 0.461 e. The van der Waals surface area contributed by atoms with E-state index >= 15 is 0 Å². The summed E-state index contributed by atoms with van der Waals surface area (Å²) < 4.78 is 5.21. The van der Waals surface area contributed by atoms with E-state index in [9.17, 15) is 4.79 Å². The van der Waals surface area contributed by atoms with Crippen molar-refractivity contribution >= 4 is 11.7 Å². The first-order valence-corrected chi connectivity index (χ1v) is 5.70. The molecule has 88 valence electrons. The molecule has 0 aliphatic carbocycles. The lowest BCUT2D eigenvalue weighted by atomic mass is 10.2. The monoisotopic (exact) mass is 221 g/mol. The van der Waals surface area contributed by atoms with E-state index in [0.717, 1.165) is 18.5 Å². The quantitative estimate of drug-likeness (QED) is 0.751. The molecule has 0 saturated carbocycles. The molecule has 1 atom stereocenters. The van der Waals surface area contributed by atoms with Gasteiger partial charge in [-0.25, -0.2) is 0 Å². The summed E-state index contributed by atoms with van der Waals surface area (Å²) in [5, 5.41) is 3.02. The number of para-hydroxylation sites is 1. The van der Waals surface area contributed by atoms with Crippen molar-refractivity contribution in [1.82, 2.24) is 0 Å². The highest BCUT2D eigenvalue weighted by Crippen LogP contribution is 2.05. The number of nitrogens with one attached hydrogen (secondary N) is 1. The summed E-state index contributed by atoms with van der Waals surface area (Å²) in [7, 11) is 0. The van der Waals surface area contributed by atoms with E-state index in [2.05, 4.69) is 12.2 Å². The van der Waals surface area contributed by atoms with Gasteiger partial charge in [-0.1, -0.05) is 31.5 Å². The lowest BCUT2D eigenvalue weighted by Gasteiger charge is -2.12. The molecule has 0 saturated heterocycles. The van der Waals surface area contributed by atoms with Crippen LogP contribution in [-0.4, -0.2) is 18.6 Å². The summed E-state index contributed by atoms with van der Waals surface area (Å²) in [6.07, 6.45) is 1.95. The van der Waals surface area contributed by atoms with Crippen LogP contribution in [0.25, 0.3) is 0 Å². The van der Waals surface area contributed by atoms with Crippen LogP contribution in [0.3, 0.4) is 0 Å². The van der Waals surface area contributed by atoms with Gasteiger partial charge in [0.15, 0.2) is 0 Å². The van der Waals surface area contributed by atoms with Gasteiger partial charge in [0.05, 0.1) is 6.10 Å². The Labute approximate surface area is 96.8 Å². The third-order valence-corrected chi connectivity index (χ3v) is 2.24. The maximum Gasteiger partial charge on any atom is 0.325 e. The predicted molar refractivity (Wildman–Crippen MR) is 65.4 cm³/mol. The lowest BCUT2D eigenvalue weighted by molar-refractivity contribution is -0.146. The van der Waals surface area contributed by atoms with E-state index < -0.39 is 0 Å². The molecule has 1 unspecified atom stereocenters. The van der Waals surface area contributed by atoms with Gasteiger partial charge in [0.1, 0.15) is 6.54 Å². The van der Waals surface area contributed by atoms with Crippen LogP contribution < -0.4 is 5.32 Å². The van der Waals surface area contributed by atoms with Gasteiger partial charge >= 0.3 is 5.97 Å². The van der Waals surface area contributed by atoms with Crippen LogP contribution in [0, 0.1) is 0 Å². The maximum absolute atomic E-state index is 11.4. The first kappa shape index (κ1) is 12.6. The van der Waals surface area contributed by atoms with Crippen LogP contribution in [0.4, 0.5) is 5.69 Å². The third kappa shape index (κ3) is 4.82. The van der Waals surface area contributed by atoms with Gasteiger partial charge in [0, 0.05) is 5.69 Å². The molecule has 0 aliphatic heterocycles. The molecule has 0 aromatic heterocycles. The second-order valence-corrected chi connectivity index (χ2v) is 3.81. The maximum atomic E-state index is 11.4. The van der Waals surface area contributed by atoms with Gasteiger partial charge in [-0.2, -0.15) is 0 Å². The number of esters is 1. The van der Waals surface area contributed by atoms with Crippen LogP contribution in [0.15, 0.2) is 30.3 Å². The Kier molecular flexibility index (Phi) is 5.40. The number of anilines is 1. The Hall–Kier alpha value is -1.51. The van der Waals surface area contributed by atoms with Crippen molar-refractivity contribution in [1.29, 1.82) is 0 Å². The van der Waals surface area contributed by atoms with Gasteiger partial charge in [-0.05, 0) is 25.5 Å². The average molecular weight is 221 g/mol. The van der Waals surface area contributed by atoms with Crippen LogP contribution in [0.2, 0.25) is 0 Å². The van der Waals surface area contributed by atoms with E-state index in [4.69, 9.17) is 4.74 Å². The molecular formula is C13H19NO2. The Morgan fingerprint density at radius 2 is 2.06 bits per heavy atom. The minimum absolute atomic E-state index is 0.00933. The van der Waals surface area contributed by atoms with Crippen molar-refractivity contribution in [3.63, 3.8) is 0 Å². The molecule has 0 amide bonds. The molecule has 1 N–H and O–H groups in total. The molecule has 3 heteroatoms. The molecule has 0 fully saturated rings. The highest BCUT2D eigenvalue weighted by Gasteiger charge is 2.07. The summed E-state index contributed by atoms with van der Waals surface area (Å²) in [6.45, 7) is 4.22. The smallest absolute Gasteiger partial charge is 0.325 e. The molecule has 0 spiro atoms. The van der Waals surface area contributed by atoms with E-state index in [1.807, 2.05) is 37.3 Å². The highest BCUT2D eigenvalue weighted by molar-refractivity contribution is 5.75. The molecule has 1 aromatic rings. The minimum atomic E-state index is -0.204. The van der Waals surface area contributed by atoms with Crippen molar-refractivity contribution in [3.05, 3.63) is 30.3 Å². The van der Waals surface area contributed by atoms with E-state index in [0.29, 0.717) is 0 Å². The first-order chi connectivity index (χ1) is 7.72. The Morgan fingerprint density at radius 1 is 1.38 bits per heavy atom. The second-order valence-electron chi connectivity index (χ2n) is 3.81. The van der Waals surface area contributed by atoms with Crippen LogP contribution in [-0.2, 0) is 9.53 Å². The standard InChI is InChI=1S/C13H19NO2/c1-3-7-11(2)16-13(15)10-14-12-8-5-4-6-9-12/h4-6,8-9,11,14H,3,7,10H2,1-2H3. The molecule has 0 heterocycles. The molecule has 1 rings (SSSR count). The highest BCUT2D eigenvalue weighted by atomic mass is 16.5. The average Bonchev–Trinajstić information content (AvgIpc) is 2.28. The zero-order valence-corrected chi connectivity index (χ0v) is 9.90. The normalized spacial score (nSPS) is 11.9. The summed E-state index contributed by atoms with van der Waals surface area (Å²) in [4.78, 5) is 11.4. The van der Waals surface area contributed by atoms with Gasteiger partial charge in [-0.15, -0.1) is 0 Å². The van der Waals surface area contributed by atoms with Crippen molar-refractivity contribution in [2.45, 2.75) is 32.8 Å². The van der Waals surface area contributed by atoms with E-state index in [1.165, 1.54) is 0 Å². The fraction of sp³-hybridized carbons (Fsp3) is 0.462. The second kappa shape index (κ2) is 6.88. The lowest BCUT2D eigenvalue weighted by Crippen LogP contribution is -2.21. The molecule has 0 bridgehead atoms. The van der Waals surface area contributed by atoms with E-state index in [-0.39, 0.29) is 18.6 Å². The summed E-state index contributed by atoms with van der Waals surface area (Å²) >= 11 is 0. The molecule has 16 heavy (non-hydrogen) atoms. The van der Waals surface area contributed by atoms with Crippen LogP contribution in [0.1, 0.15) is 26.7 Å². The Morgan fingerprint density at radius 3 is 2.69 bits per heavy atom. The molecule has 0 aliphatic rings. The van der Waals surface area contributed by atoms with E-state index in [1.54, 1.807) is 0 Å². The molecule has 3 nitrogen and oxygen atoms in total. The predicted octanol–water partition coefficient (Wildman–Crippen LogP) is 2.83. The zero-order chi connectivity index (χ0) is 11.8. The summed E-state index contributed by atoms with van der Waals surface area (Å²) in [5.74, 6) is -0.204. The fourth-order valence-corrected chi connectivity index (χ4v) is 1.46. The number of hydrogen-bond donors (Lipinski definition) is 1. The van der Waals surface area contributed by atoms with Gasteiger partial charge in [0.2, 0.25) is 0 Å². The number of carbonyl (C=O) groups excluding carboxylic acids is 1. The molecule has 0 radical (unpaired) electrons. The first-order valence-electron chi connectivity index (χ1n) is 5.70. The number of hydrogen-bond acceptors (Lipinski definition) is 3. The molecular weight excluding hydrogens is 202 g/mol. The third-order valence-electron chi connectivity index (χ3n) is 2.24. The van der Waals surface area contributed by atoms with Crippen molar-refractivity contribution < 1.29 is 9.53 Å². The topological polar surface area (TPSA) is 38.3 Å².